The smallest absolute Gasteiger partial charge is 0.237 e. The fourth-order valence-electron chi connectivity index (χ4n) is 2.38. The van der Waals surface area contributed by atoms with E-state index in [1.807, 2.05) is 0 Å². The number of carbonyl (C=O) groups excluding carboxylic acids is 1. The fourth-order valence-corrected chi connectivity index (χ4v) is 3.27. The van der Waals surface area contributed by atoms with Gasteiger partial charge in [0.05, 0.1) is 11.0 Å². The molecule has 2 N–H and O–H groups in total. The molecular formula is C12H23N3O3S2. The van der Waals surface area contributed by atoms with Crippen molar-refractivity contribution in [2.75, 3.05) is 38.2 Å². The largest absolute Gasteiger partial charge is 0.392 e. The van der Waals surface area contributed by atoms with Gasteiger partial charge in [0, 0.05) is 32.4 Å². The van der Waals surface area contributed by atoms with Crippen LogP contribution in [0, 0.1) is 0 Å². The average molecular weight is 321 g/mol. The van der Waals surface area contributed by atoms with Crippen LogP contribution in [-0.2, 0) is 14.6 Å². The van der Waals surface area contributed by atoms with Crippen LogP contribution in [0.1, 0.15) is 19.8 Å². The predicted octanol–water partition coefficient (Wildman–Crippen LogP) is -0.370. The molecule has 0 aliphatic carbocycles. The molecule has 0 aromatic heterocycles. The molecule has 0 saturated carbocycles. The van der Waals surface area contributed by atoms with E-state index in [0.717, 1.165) is 19.1 Å². The first-order valence-electron chi connectivity index (χ1n) is 6.73. The summed E-state index contributed by atoms with van der Waals surface area (Å²) >= 11 is 5.09. The fraction of sp³-hybridized carbons (Fsp3) is 0.833. The molecule has 20 heavy (non-hydrogen) atoms. The first kappa shape index (κ1) is 17.3. The summed E-state index contributed by atoms with van der Waals surface area (Å²) in [6, 6.07) is 0.0714. The molecule has 6 nitrogen and oxygen atoms in total. The Hall–Kier alpha value is -0.730. The van der Waals surface area contributed by atoms with Crippen molar-refractivity contribution in [1.29, 1.82) is 0 Å². The van der Waals surface area contributed by atoms with E-state index in [9.17, 15) is 13.2 Å². The molecule has 8 heteroatoms. The van der Waals surface area contributed by atoms with Gasteiger partial charge in [0.2, 0.25) is 5.91 Å². The zero-order valence-electron chi connectivity index (χ0n) is 12.0. The summed E-state index contributed by atoms with van der Waals surface area (Å²) in [7, 11) is -3.27. The van der Waals surface area contributed by atoms with Crippen LogP contribution in [0.15, 0.2) is 0 Å². The van der Waals surface area contributed by atoms with Gasteiger partial charge in [0.15, 0.2) is 9.84 Å². The van der Waals surface area contributed by atoms with Crippen LogP contribution in [0.4, 0.5) is 0 Å². The van der Waals surface area contributed by atoms with Crippen LogP contribution in [0.5, 0.6) is 0 Å². The van der Waals surface area contributed by atoms with Crippen LogP contribution in [0.3, 0.4) is 0 Å². The molecule has 0 aromatic rings. The quantitative estimate of drug-likeness (QED) is 0.672. The van der Waals surface area contributed by atoms with Crippen molar-refractivity contribution in [2.24, 2.45) is 5.73 Å². The molecule has 0 bridgehead atoms. The highest BCUT2D eigenvalue weighted by molar-refractivity contribution is 7.91. The average Bonchev–Trinajstić information content (AvgIpc) is 2.33. The van der Waals surface area contributed by atoms with Gasteiger partial charge in [-0.1, -0.05) is 25.6 Å². The lowest BCUT2D eigenvalue weighted by atomic mass is 10.1. The first-order valence-corrected chi connectivity index (χ1v) is 9.20. The molecule has 0 spiro atoms. The number of hydrogen-bond donors (Lipinski definition) is 1. The van der Waals surface area contributed by atoms with E-state index in [1.165, 1.54) is 0 Å². The molecule has 1 aliphatic rings. The molecule has 1 unspecified atom stereocenters. The number of piperazine rings is 1. The van der Waals surface area contributed by atoms with E-state index in [1.54, 1.807) is 4.90 Å². The van der Waals surface area contributed by atoms with Gasteiger partial charge < -0.3 is 10.6 Å². The van der Waals surface area contributed by atoms with E-state index >= 15 is 0 Å². The maximum atomic E-state index is 11.8. The van der Waals surface area contributed by atoms with Gasteiger partial charge in [-0.15, -0.1) is 0 Å². The van der Waals surface area contributed by atoms with Crippen LogP contribution in [0.2, 0.25) is 0 Å². The summed E-state index contributed by atoms with van der Waals surface area (Å²) in [6.45, 7) is 4.49. The van der Waals surface area contributed by atoms with Gasteiger partial charge in [0.25, 0.3) is 0 Å². The summed E-state index contributed by atoms with van der Waals surface area (Å²) in [5, 5.41) is 0. The monoisotopic (exact) mass is 321 g/mol. The molecule has 1 saturated heterocycles. The number of thiocarbonyl (C=S) groups is 1. The number of amides is 1. The van der Waals surface area contributed by atoms with Gasteiger partial charge in [0.1, 0.15) is 5.75 Å². The predicted molar refractivity (Wildman–Crippen MR) is 83.3 cm³/mol. The van der Waals surface area contributed by atoms with Crippen molar-refractivity contribution in [3.63, 3.8) is 0 Å². The second-order valence-corrected chi connectivity index (χ2v) is 7.81. The van der Waals surface area contributed by atoms with Crippen molar-refractivity contribution >= 4 is 33.0 Å². The second-order valence-electron chi connectivity index (χ2n) is 5.19. The van der Waals surface area contributed by atoms with Crippen molar-refractivity contribution in [3.05, 3.63) is 0 Å². The molecule has 1 amide bonds. The molecule has 1 rings (SSSR count). The van der Waals surface area contributed by atoms with Crippen LogP contribution in [0.25, 0.3) is 0 Å². The summed E-state index contributed by atoms with van der Waals surface area (Å²) in [4.78, 5) is 16.1. The van der Waals surface area contributed by atoms with Gasteiger partial charge >= 0.3 is 0 Å². The Kier molecular flexibility index (Phi) is 6.35. The third-order valence-corrected chi connectivity index (χ3v) is 4.43. The molecule has 1 fully saturated rings. The highest BCUT2D eigenvalue weighted by atomic mass is 32.2. The minimum atomic E-state index is -3.27. The summed E-state index contributed by atoms with van der Waals surface area (Å²) in [6.07, 6.45) is 2.98. The van der Waals surface area contributed by atoms with Gasteiger partial charge in [-0.2, -0.15) is 0 Å². The molecule has 0 radical (unpaired) electrons. The Labute approximate surface area is 126 Å². The molecular weight excluding hydrogens is 298 g/mol. The summed E-state index contributed by atoms with van der Waals surface area (Å²) in [5.41, 5.74) is 5.76. The molecule has 1 aliphatic heterocycles. The maximum absolute atomic E-state index is 11.8. The standard InChI is InChI=1S/C12H23N3O3S2/c1-3-4-10(12(13)19)14-5-7-15(8-6-14)11(16)9-20(2,17)18/h10H,3-9H2,1-2H3,(H2,13,19). The Morgan fingerprint density at radius 3 is 2.25 bits per heavy atom. The lowest BCUT2D eigenvalue weighted by molar-refractivity contribution is -0.130. The van der Waals surface area contributed by atoms with E-state index < -0.39 is 15.6 Å². The van der Waals surface area contributed by atoms with Crippen molar-refractivity contribution in [1.82, 2.24) is 9.80 Å². The summed E-state index contributed by atoms with van der Waals surface area (Å²) in [5.74, 6) is -0.741. The number of nitrogens with zero attached hydrogens (tertiary/aromatic N) is 2. The Morgan fingerprint density at radius 2 is 1.85 bits per heavy atom. The third-order valence-electron chi connectivity index (χ3n) is 3.38. The molecule has 1 heterocycles. The summed E-state index contributed by atoms with van der Waals surface area (Å²) < 4.78 is 22.3. The lowest BCUT2D eigenvalue weighted by Gasteiger charge is -2.38. The van der Waals surface area contributed by atoms with Crippen LogP contribution >= 0.6 is 12.2 Å². The van der Waals surface area contributed by atoms with Gasteiger partial charge in [-0.05, 0) is 6.42 Å². The Bertz CT molecular complexity index is 457. The first-order chi connectivity index (χ1) is 9.24. The van der Waals surface area contributed by atoms with Crippen molar-refractivity contribution in [3.8, 4) is 0 Å². The number of carbonyl (C=O) groups is 1. The zero-order valence-corrected chi connectivity index (χ0v) is 13.7. The minimum absolute atomic E-state index is 0.0714. The molecule has 1 atom stereocenters. The van der Waals surface area contributed by atoms with E-state index in [2.05, 4.69) is 11.8 Å². The zero-order chi connectivity index (χ0) is 15.3. The Morgan fingerprint density at radius 1 is 1.30 bits per heavy atom. The van der Waals surface area contributed by atoms with Crippen LogP contribution in [-0.4, -0.2) is 73.3 Å². The second kappa shape index (κ2) is 7.33. The minimum Gasteiger partial charge on any atom is -0.392 e. The molecule has 116 valence electrons. The number of nitrogens with two attached hydrogens (primary N) is 1. The normalized spacial score (nSPS) is 18.8. The number of rotatable bonds is 6. The highest BCUT2D eigenvalue weighted by Gasteiger charge is 2.28. The van der Waals surface area contributed by atoms with E-state index in [0.29, 0.717) is 31.2 Å². The van der Waals surface area contributed by atoms with Gasteiger partial charge in [-0.3, -0.25) is 9.69 Å². The molecule has 0 aromatic carbocycles. The lowest BCUT2D eigenvalue weighted by Crippen LogP contribution is -2.55. The number of hydrogen-bond acceptors (Lipinski definition) is 5. The number of sulfone groups is 1. The topological polar surface area (TPSA) is 83.7 Å². The van der Waals surface area contributed by atoms with E-state index in [-0.39, 0.29) is 11.9 Å². The third kappa shape index (κ3) is 5.34. The Balaban J connectivity index is 2.54. The highest BCUT2D eigenvalue weighted by Crippen LogP contribution is 2.12. The van der Waals surface area contributed by atoms with Gasteiger partial charge in [-0.25, -0.2) is 8.42 Å². The van der Waals surface area contributed by atoms with E-state index in [4.69, 9.17) is 18.0 Å². The van der Waals surface area contributed by atoms with Crippen LogP contribution < -0.4 is 5.73 Å². The van der Waals surface area contributed by atoms with Crippen molar-refractivity contribution < 1.29 is 13.2 Å². The SMILES string of the molecule is CCCC(C(N)=S)N1CCN(C(=O)CS(C)(=O)=O)CC1. The van der Waals surface area contributed by atoms with Crippen molar-refractivity contribution in [2.45, 2.75) is 25.8 Å². The maximum Gasteiger partial charge on any atom is 0.237 e.